The third-order valence-electron chi connectivity index (χ3n) is 11.6. The fourth-order valence-electron chi connectivity index (χ4n) is 8.53. The van der Waals surface area contributed by atoms with Gasteiger partial charge in [0.15, 0.2) is 5.84 Å². The number of aliphatic imine (C=N–C) groups is 2. The van der Waals surface area contributed by atoms with Gasteiger partial charge in [-0.25, -0.2) is 9.98 Å². The van der Waals surface area contributed by atoms with Crippen molar-refractivity contribution in [1.29, 1.82) is 0 Å². The van der Waals surface area contributed by atoms with E-state index in [2.05, 4.69) is 165 Å². The number of hydrogen-bond acceptors (Lipinski definition) is 4. The summed E-state index contributed by atoms with van der Waals surface area (Å²) in [5, 5.41) is 4.28. The number of para-hydroxylation sites is 1. The molecule has 280 valence electrons. The molecule has 4 nitrogen and oxygen atoms in total. The van der Waals surface area contributed by atoms with Gasteiger partial charge in [-0.15, -0.1) is 0 Å². The predicted octanol–water partition coefficient (Wildman–Crippen LogP) is 14.9. The smallest absolute Gasteiger partial charge is 0.160 e. The van der Waals surface area contributed by atoms with Gasteiger partial charge in [0.2, 0.25) is 0 Å². The fraction of sp³-hybridized carbons (Fsp3) is 0.0545. The van der Waals surface area contributed by atoms with Gasteiger partial charge in [0.05, 0.1) is 11.4 Å². The standard InChI is InChI=1S/C55H38N2O2/c1-35-22-29-48(38-25-23-37(24-26-38)36-12-4-2-5-13-36)56-55(57-54(35)39-14-6-3-7-15-39)45-19-11-21-52-53(45)47-34-43(28-31-51(47)59-52)41-17-10-16-40(32-41)42-27-30-50-46(33-42)44-18-8-9-20-49(44)58-50/h2-21,23-28,30-34H,22,29H2,1H3/b54-35+,56-48?,57-55?. The average molecular weight is 759 g/mol. The van der Waals surface area contributed by atoms with E-state index in [-0.39, 0.29) is 0 Å². The molecule has 0 amide bonds. The Morgan fingerprint density at radius 2 is 0.898 bits per heavy atom. The van der Waals surface area contributed by atoms with Crippen LogP contribution in [0.15, 0.2) is 212 Å². The maximum atomic E-state index is 6.57. The van der Waals surface area contributed by atoms with Gasteiger partial charge in [0.25, 0.3) is 0 Å². The zero-order valence-electron chi connectivity index (χ0n) is 32.5. The van der Waals surface area contributed by atoms with Crippen molar-refractivity contribution in [3.8, 4) is 33.4 Å². The Kier molecular flexibility index (Phi) is 8.48. The molecule has 10 aromatic rings. The Morgan fingerprint density at radius 1 is 0.373 bits per heavy atom. The first-order valence-electron chi connectivity index (χ1n) is 20.2. The minimum Gasteiger partial charge on any atom is -0.456 e. The van der Waals surface area contributed by atoms with Crippen LogP contribution in [-0.4, -0.2) is 11.5 Å². The Morgan fingerprint density at radius 3 is 1.66 bits per heavy atom. The molecule has 0 unspecified atom stereocenters. The normalized spacial score (nSPS) is 14.7. The molecule has 0 saturated heterocycles. The molecule has 0 bridgehead atoms. The molecule has 59 heavy (non-hydrogen) atoms. The Labute approximate surface area is 342 Å². The highest BCUT2D eigenvalue weighted by Gasteiger charge is 2.21. The van der Waals surface area contributed by atoms with Gasteiger partial charge < -0.3 is 8.83 Å². The van der Waals surface area contributed by atoms with Crippen LogP contribution in [0, 0.1) is 0 Å². The number of allylic oxidation sites excluding steroid dienone is 1. The lowest BCUT2D eigenvalue weighted by atomic mass is 9.95. The maximum absolute atomic E-state index is 6.57. The van der Waals surface area contributed by atoms with Gasteiger partial charge in [-0.3, -0.25) is 0 Å². The molecular formula is C55H38N2O2. The van der Waals surface area contributed by atoms with Crippen LogP contribution in [0.3, 0.4) is 0 Å². The summed E-state index contributed by atoms with van der Waals surface area (Å²) >= 11 is 0. The van der Waals surface area contributed by atoms with Crippen molar-refractivity contribution in [3.05, 3.63) is 210 Å². The zero-order valence-corrected chi connectivity index (χ0v) is 32.5. The van der Waals surface area contributed by atoms with Crippen molar-refractivity contribution in [1.82, 2.24) is 0 Å². The second-order valence-corrected chi connectivity index (χ2v) is 15.3. The zero-order chi connectivity index (χ0) is 39.3. The van der Waals surface area contributed by atoms with Crippen molar-refractivity contribution in [2.75, 3.05) is 0 Å². The van der Waals surface area contributed by atoms with Crippen LogP contribution in [-0.2, 0) is 0 Å². The first-order valence-corrected chi connectivity index (χ1v) is 20.2. The summed E-state index contributed by atoms with van der Waals surface area (Å²) in [6, 6.07) is 65.9. The highest BCUT2D eigenvalue weighted by molar-refractivity contribution is 6.23. The monoisotopic (exact) mass is 758 g/mol. The van der Waals surface area contributed by atoms with E-state index in [0.717, 1.165) is 107 Å². The fourth-order valence-corrected chi connectivity index (χ4v) is 8.53. The quantitative estimate of drug-likeness (QED) is 0.170. The first-order chi connectivity index (χ1) is 29.1. The van der Waals surface area contributed by atoms with Gasteiger partial charge in [0.1, 0.15) is 22.3 Å². The second kappa shape index (κ2) is 14.4. The van der Waals surface area contributed by atoms with Gasteiger partial charge in [0, 0.05) is 32.7 Å². The molecule has 1 aliphatic heterocycles. The van der Waals surface area contributed by atoms with E-state index < -0.39 is 0 Å². The third kappa shape index (κ3) is 6.36. The molecule has 8 aromatic carbocycles. The van der Waals surface area contributed by atoms with E-state index in [9.17, 15) is 0 Å². The first kappa shape index (κ1) is 34.7. The highest BCUT2D eigenvalue weighted by atomic mass is 16.3. The summed E-state index contributed by atoms with van der Waals surface area (Å²) in [5.41, 5.74) is 16.7. The number of fused-ring (bicyclic) bond motifs is 6. The molecule has 0 aliphatic carbocycles. The summed E-state index contributed by atoms with van der Waals surface area (Å²) in [7, 11) is 0. The van der Waals surface area contributed by atoms with E-state index in [0.29, 0.717) is 5.84 Å². The molecule has 0 saturated carbocycles. The Hall–Kier alpha value is -7.56. The molecule has 0 atom stereocenters. The summed E-state index contributed by atoms with van der Waals surface area (Å²) < 4.78 is 12.7. The minimum atomic E-state index is 0.674. The lowest BCUT2D eigenvalue weighted by molar-refractivity contribution is 0.668. The lowest BCUT2D eigenvalue weighted by Gasteiger charge is -2.17. The largest absolute Gasteiger partial charge is 0.456 e. The minimum absolute atomic E-state index is 0.674. The second-order valence-electron chi connectivity index (χ2n) is 15.3. The predicted molar refractivity (Wildman–Crippen MR) is 245 cm³/mol. The van der Waals surface area contributed by atoms with Gasteiger partial charge in [-0.2, -0.15) is 0 Å². The molecule has 0 spiro atoms. The lowest BCUT2D eigenvalue weighted by Crippen LogP contribution is -2.11. The van der Waals surface area contributed by atoms with E-state index in [4.69, 9.17) is 18.8 Å². The van der Waals surface area contributed by atoms with Crippen LogP contribution in [0.5, 0.6) is 0 Å². The van der Waals surface area contributed by atoms with Crippen molar-refractivity contribution in [2.45, 2.75) is 19.8 Å². The van der Waals surface area contributed by atoms with Gasteiger partial charge in [-0.1, -0.05) is 146 Å². The van der Waals surface area contributed by atoms with Gasteiger partial charge >= 0.3 is 0 Å². The van der Waals surface area contributed by atoms with E-state index in [1.165, 1.54) is 16.7 Å². The van der Waals surface area contributed by atoms with Crippen LogP contribution >= 0.6 is 0 Å². The van der Waals surface area contributed by atoms with Crippen LogP contribution < -0.4 is 0 Å². The summed E-state index contributed by atoms with van der Waals surface area (Å²) in [6.07, 6.45) is 1.65. The van der Waals surface area contributed by atoms with Crippen molar-refractivity contribution in [2.24, 2.45) is 9.98 Å². The molecule has 2 aromatic heterocycles. The maximum Gasteiger partial charge on any atom is 0.160 e. The van der Waals surface area contributed by atoms with Gasteiger partial charge in [-0.05, 0) is 107 Å². The Bertz CT molecular complexity index is 3310. The van der Waals surface area contributed by atoms with Crippen molar-refractivity contribution in [3.63, 3.8) is 0 Å². The summed E-state index contributed by atoms with van der Waals surface area (Å²) in [5.74, 6) is 0.674. The topological polar surface area (TPSA) is 51.0 Å². The number of amidine groups is 1. The van der Waals surface area contributed by atoms with Crippen LogP contribution in [0.2, 0.25) is 0 Å². The average Bonchev–Trinajstić information content (AvgIpc) is 3.87. The number of furan rings is 2. The molecule has 3 heterocycles. The van der Waals surface area contributed by atoms with Crippen molar-refractivity contribution >= 4 is 61.1 Å². The SMILES string of the molecule is C/C1=C(/c2ccccc2)N=C(c2cccc3oc4ccc(-c5cccc(-c6ccc7oc8ccccc8c7c6)c5)cc4c23)N=C(c2ccc(-c3ccccc3)cc2)CC1. The molecule has 1 aliphatic rings. The summed E-state index contributed by atoms with van der Waals surface area (Å²) in [4.78, 5) is 10.9. The van der Waals surface area contributed by atoms with E-state index >= 15 is 0 Å². The molecule has 0 fully saturated rings. The van der Waals surface area contributed by atoms with Crippen molar-refractivity contribution < 1.29 is 8.83 Å². The Balaban J connectivity index is 1.04. The number of nitrogens with zero attached hydrogens (tertiary/aromatic N) is 2. The molecular weight excluding hydrogens is 721 g/mol. The van der Waals surface area contributed by atoms with Crippen LogP contribution in [0.1, 0.15) is 36.5 Å². The number of benzene rings is 8. The summed E-state index contributed by atoms with van der Waals surface area (Å²) in [6.45, 7) is 2.20. The van der Waals surface area contributed by atoms with Crippen LogP contribution in [0.4, 0.5) is 0 Å². The molecule has 0 N–H and O–H groups in total. The molecule has 11 rings (SSSR count). The third-order valence-corrected chi connectivity index (χ3v) is 11.6. The van der Waals surface area contributed by atoms with E-state index in [1.54, 1.807) is 0 Å². The van der Waals surface area contributed by atoms with E-state index in [1.807, 2.05) is 30.3 Å². The number of hydrogen-bond donors (Lipinski definition) is 0. The molecule has 0 radical (unpaired) electrons. The molecule has 4 heteroatoms. The highest BCUT2D eigenvalue weighted by Crippen LogP contribution is 2.38. The number of rotatable bonds is 6. The van der Waals surface area contributed by atoms with Crippen LogP contribution in [0.25, 0.3) is 83.0 Å².